The Balaban J connectivity index is 6.61. The Bertz CT molecular complexity index is 474. The molecule has 0 bridgehead atoms. The predicted molar refractivity (Wildman–Crippen MR) is 181 cm³/mol. The number of hydrogen-bond donors (Lipinski definition) is 0. The molecule has 0 aromatic heterocycles. The molecule has 0 spiro atoms. The van der Waals surface area contributed by atoms with Gasteiger partial charge in [-0.2, -0.15) is 0 Å². The zero-order valence-corrected chi connectivity index (χ0v) is 38.6. The molecule has 0 aromatic rings. The second-order valence-corrected chi connectivity index (χ2v) is 37.0. The molecule has 0 aliphatic rings. The molecule has 0 N–H and O–H groups in total. The molecule has 0 nitrogen and oxygen atoms in total. The molecule has 157 valence electrons. The molecule has 18 heteroatoms. The Morgan fingerprint density at radius 3 is 0.692 bits per heavy atom. The highest BCUT2D eigenvalue weighted by atomic mass is 80.0. The van der Waals surface area contributed by atoms with Crippen molar-refractivity contribution in [2.24, 2.45) is 0 Å². The molecule has 0 saturated heterocycles. The van der Waals surface area contributed by atoms with Crippen molar-refractivity contribution in [1.82, 2.24) is 0 Å². The van der Waals surface area contributed by atoms with E-state index in [4.69, 9.17) is 12.6 Å². The van der Waals surface area contributed by atoms with Crippen molar-refractivity contribution in [3.8, 4) is 0 Å². The first-order valence-corrected chi connectivity index (χ1v) is 19.1. The Labute approximate surface area is 300 Å². The molecular weight excluding hydrogens is 1490 g/mol. The number of alkyl halides is 17. The van der Waals surface area contributed by atoms with E-state index < -0.39 is 24.1 Å². The maximum Gasteiger partial charge on any atom is 0.162 e. The SMILES string of the molecule is [S]C(Br)(Br)C(Br)(Br)C(Br)(Br)C(Br)(Br)C(Br)(Br)C(Br)(Br)C(Br)(Br)C(Br)(Br)Br. The van der Waals surface area contributed by atoms with Gasteiger partial charge >= 0.3 is 0 Å². The van der Waals surface area contributed by atoms with Gasteiger partial charge in [0.1, 0.15) is 19.4 Å². The molecule has 0 unspecified atom stereocenters. The molecule has 0 atom stereocenters. The van der Waals surface area contributed by atoms with E-state index in [1.165, 1.54) is 0 Å². The number of rotatable bonds is 6. The zero-order chi connectivity index (χ0) is 22.0. The van der Waals surface area contributed by atoms with Gasteiger partial charge in [0.2, 0.25) is 0 Å². The van der Waals surface area contributed by atoms with Gasteiger partial charge in [0.25, 0.3) is 0 Å². The van der Waals surface area contributed by atoms with Crippen LogP contribution < -0.4 is 0 Å². The summed E-state index contributed by atoms with van der Waals surface area (Å²) in [4.78, 5) is 0. The van der Waals surface area contributed by atoms with Crippen molar-refractivity contribution in [3.63, 3.8) is 0 Å². The van der Waals surface area contributed by atoms with Crippen LogP contribution in [0.5, 0.6) is 0 Å². The highest BCUT2D eigenvalue weighted by Gasteiger charge is 2.77. The summed E-state index contributed by atoms with van der Waals surface area (Å²) in [6.45, 7) is 0. The number of halogens is 17. The normalized spacial score (nSPS) is 16.8. The fourth-order valence-corrected chi connectivity index (χ4v) is 15.9. The third-order valence-electron chi connectivity index (χ3n) is 2.69. The molecule has 0 heterocycles. The topological polar surface area (TPSA) is 0 Å². The van der Waals surface area contributed by atoms with E-state index in [9.17, 15) is 0 Å². The summed E-state index contributed by atoms with van der Waals surface area (Å²) in [6, 6.07) is 0. The van der Waals surface area contributed by atoms with Crippen LogP contribution in [0.1, 0.15) is 0 Å². The average Bonchev–Trinajstić information content (AvgIpc) is 2.34. The van der Waals surface area contributed by atoms with Gasteiger partial charge in [-0.05, 0) is 0 Å². The highest BCUT2D eigenvalue weighted by molar-refractivity contribution is 9.42. The van der Waals surface area contributed by atoms with Gasteiger partial charge in [0, 0.05) is 0 Å². The third-order valence-corrected chi connectivity index (χ3v) is 36.7. The lowest BCUT2D eigenvalue weighted by molar-refractivity contribution is 0.605. The van der Waals surface area contributed by atoms with Gasteiger partial charge in [-0.25, -0.2) is 0 Å². The van der Waals surface area contributed by atoms with E-state index in [-0.39, 0.29) is 0 Å². The van der Waals surface area contributed by atoms with E-state index in [2.05, 4.69) is 271 Å². The van der Waals surface area contributed by atoms with Gasteiger partial charge in [0.05, 0.1) is 0 Å². The largest absolute Gasteiger partial charge is 0.162 e. The van der Waals surface area contributed by atoms with Gasteiger partial charge in [-0.1, -0.05) is 283 Å². The quantitative estimate of drug-likeness (QED) is 0.233. The molecule has 0 rings (SSSR count). The molecular formula is C8Br17S. The van der Waals surface area contributed by atoms with E-state index >= 15 is 0 Å². The van der Waals surface area contributed by atoms with Gasteiger partial charge in [0.15, 0.2) is 4.71 Å². The van der Waals surface area contributed by atoms with Crippen LogP contribution in [0.3, 0.4) is 0 Å². The van der Waals surface area contributed by atoms with Crippen molar-refractivity contribution in [1.29, 1.82) is 0 Å². The first kappa shape index (κ1) is 34.5. The molecule has 0 aliphatic heterocycles. The fraction of sp³-hybridized carbons (Fsp3) is 1.00. The Morgan fingerprint density at radius 1 is 0.308 bits per heavy atom. The average molecular weight is 1490 g/mol. The van der Waals surface area contributed by atoms with E-state index in [0.717, 1.165) is 0 Å². The summed E-state index contributed by atoms with van der Waals surface area (Å²) in [5.41, 5.74) is 0. The molecule has 26 heavy (non-hydrogen) atoms. The minimum absolute atomic E-state index is 0.774. The fourth-order valence-electron chi connectivity index (χ4n) is 1.15. The second-order valence-electron chi connectivity index (χ2n) is 4.46. The van der Waals surface area contributed by atoms with Gasteiger partial charge in [-0.3, -0.25) is 0 Å². The first-order chi connectivity index (χ1) is 10.8. The van der Waals surface area contributed by atoms with Crippen LogP contribution in [0.15, 0.2) is 0 Å². The molecule has 0 saturated carbocycles. The van der Waals surface area contributed by atoms with Crippen LogP contribution in [-0.2, 0) is 0 Å². The lowest BCUT2D eigenvalue weighted by Gasteiger charge is -2.57. The smallest absolute Gasteiger partial charge is 0.0675 e. The highest BCUT2D eigenvalue weighted by Crippen LogP contribution is 2.78. The van der Waals surface area contributed by atoms with Crippen LogP contribution in [0.4, 0.5) is 0 Å². The van der Waals surface area contributed by atoms with Crippen molar-refractivity contribution in [2.45, 2.75) is 24.1 Å². The van der Waals surface area contributed by atoms with Crippen molar-refractivity contribution in [2.75, 3.05) is 0 Å². The Morgan fingerprint density at radius 2 is 0.500 bits per heavy atom. The minimum Gasteiger partial charge on any atom is -0.0675 e. The van der Waals surface area contributed by atoms with Crippen molar-refractivity contribution >= 4 is 283 Å². The van der Waals surface area contributed by atoms with E-state index in [1.807, 2.05) is 0 Å². The summed E-state index contributed by atoms with van der Waals surface area (Å²) in [5, 5.41) is 0. The molecule has 0 amide bonds. The second kappa shape index (κ2) is 11.1. The zero-order valence-electron chi connectivity index (χ0n) is 10.8. The van der Waals surface area contributed by atoms with Crippen LogP contribution in [0.25, 0.3) is 0 Å². The Hall–Kier alpha value is 8.51. The van der Waals surface area contributed by atoms with Gasteiger partial charge < -0.3 is 0 Å². The third kappa shape index (κ3) is 6.31. The van der Waals surface area contributed by atoms with Crippen LogP contribution in [-0.4, -0.2) is 24.1 Å². The van der Waals surface area contributed by atoms with E-state index in [1.54, 1.807) is 0 Å². The molecule has 1 radical (unpaired) electrons. The monoisotopic (exact) mass is 1470 g/mol. The molecule has 0 aromatic carbocycles. The summed E-state index contributed by atoms with van der Waals surface area (Å²) in [7, 11) is 0. The molecule has 0 fully saturated rings. The van der Waals surface area contributed by atoms with Crippen LogP contribution in [0.2, 0.25) is 0 Å². The van der Waals surface area contributed by atoms with Crippen LogP contribution in [0, 0.1) is 0 Å². The standard InChI is InChI=1S/C8Br17S/c9-1(10,3(13,14)5(17,18)7(21,22)23)2(11,12)4(15,16)6(19,20)8(24,25)26. The van der Waals surface area contributed by atoms with Crippen molar-refractivity contribution in [3.05, 3.63) is 0 Å². The summed E-state index contributed by atoms with van der Waals surface area (Å²) in [6.07, 6.45) is 0. The predicted octanol–water partition coefficient (Wildman–Crippen LogP) is 13.4. The summed E-state index contributed by atoms with van der Waals surface area (Å²) in [5.74, 6) is 0. The Kier molecular flexibility index (Phi) is 14.7. The maximum absolute atomic E-state index is 5.53. The minimum atomic E-state index is -1.00. The maximum atomic E-state index is 5.53. The lowest BCUT2D eigenvalue weighted by Crippen LogP contribution is -2.67. The van der Waals surface area contributed by atoms with E-state index in [0.29, 0.717) is 0 Å². The number of hydrogen-bond acceptors (Lipinski definition) is 0. The molecule has 0 aliphatic carbocycles. The summed E-state index contributed by atoms with van der Waals surface area (Å²) >= 11 is 67.9. The summed E-state index contributed by atoms with van der Waals surface area (Å²) < 4.78 is -7.53. The van der Waals surface area contributed by atoms with Crippen LogP contribution >= 0.6 is 283 Å². The first-order valence-electron chi connectivity index (χ1n) is 5.17. The lowest BCUT2D eigenvalue weighted by atomic mass is 10.1. The van der Waals surface area contributed by atoms with Crippen molar-refractivity contribution < 1.29 is 0 Å². The van der Waals surface area contributed by atoms with Gasteiger partial charge in [-0.15, -0.1) is 0 Å².